The molecule has 9 heteroatoms. The van der Waals surface area contributed by atoms with Gasteiger partial charge in [0, 0.05) is 29.1 Å². The Morgan fingerprint density at radius 3 is 2.94 bits per heavy atom. The smallest absolute Gasteiger partial charge is 0.287 e. The first-order chi connectivity index (χ1) is 15.1. The minimum atomic E-state index is -0.256. The topological polar surface area (TPSA) is 85.3 Å². The summed E-state index contributed by atoms with van der Waals surface area (Å²) >= 11 is 3.09. The van der Waals surface area contributed by atoms with Crippen molar-refractivity contribution >= 4 is 45.6 Å². The lowest BCUT2D eigenvalue weighted by Crippen LogP contribution is -2.23. The first-order valence-corrected chi connectivity index (χ1v) is 11.5. The molecule has 0 aliphatic rings. The van der Waals surface area contributed by atoms with Crippen LogP contribution in [-0.4, -0.2) is 25.5 Å². The Morgan fingerprint density at radius 1 is 1.23 bits per heavy atom. The first-order valence-electron chi connectivity index (χ1n) is 9.72. The van der Waals surface area contributed by atoms with Gasteiger partial charge in [0.05, 0.1) is 12.2 Å². The van der Waals surface area contributed by atoms with Gasteiger partial charge >= 0.3 is 0 Å². The highest BCUT2D eigenvalue weighted by molar-refractivity contribution is 8.00. The van der Waals surface area contributed by atoms with E-state index in [1.807, 2.05) is 67.0 Å². The first kappa shape index (κ1) is 19.8. The van der Waals surface area contributed by atoms with E-state index in [2.05, 4.69) is 20.5 Å². The number of rotatable bonds is 6. The summed E-state index contributed by atoms with van der Waals surface area (Å²) in [7, 11) is 0. The van der Waals surface area contributed by atoms with E-state index >= 15 is 0 Å². The maximum Gasteiger partial charge on any atom is 0.287 e. The Balaban J connectivity index is 1.38. The summed E-state index contributed by atoms with van der Waals surface area (Å²) in [6, 6.07) is 11.7. The number of nitrogens with one attached hydrogen (secondary N) is 1. The number of nitrogens with zero attached hydrogens (tertiary/aromatic N) is 4. The van der Waals surface area contributed by atoms with Gasteiger partial charge in [-0.15, -0.1) is 10.2 Å². The lowest BCUT2D eigenvalue weighted by molar-refractivity contribution is 0.0924. The van der Waals surface area contributed by atoms with Crippen LogP contribution >= 0.6 is 23.1 Å². The highest BCUT2D eigenvalue weighted by atomic mass is 32.2. The molecule has 0 bridgehead atoms. The molecule has 0 atom stereocenters. The second-order valence-corrected chi connectivity index (χ2v) is 9.57. The number of aromatic nitrogens is 4. The average Bonchev–Trinajstić information content (AvgIpc) is 3.46. The van der Waals surface area contributed by atoms with E-state index in [4.69, 9.17) is 4.42 Å². The molecule has 0 aliphatic carbocycles. The van der Waals surface area contributed by atoms with Crippen molar-refractivity contribution in [2.24, 2.45) is 0 Å². The molecule has 0 unspecified atom stereocenters. The molecule has 0 spiro atoms. The van der Waals surface area contributed by atoms with Gasteiger partial charge < -0.3 is 14.1 Å². The zero-order chi connectivity index (χ0) is 21.4. The third-order valence-electron chi connectivity index (χ3n) is 4.85. The minimum absolute atomic E-state index is 0.256. The summed E-state index contributed by atoms with van der Waals surface area (Å²) in [5.74, 6) is 0.644. The van der Waals surface area contributed by atoms with Gasteiger partial charge in [0.25, 0.3) is 5.91 Å². The second-order valence-electron chi connectivity index (χ2n) is 7.17. The van der Waals surface area contributed by atoms with Crippen molar-refractivity contribution in [1.29, 1.82) is 0 Å². The number of aryl methyl sites for hydroxylation is 2. The van der Waals surface area contributed by atoms with Crippen LogP contribution in [0.3, 0.4) is 0 Å². The van der Waals surface area contributed by atoms with Crippen molar-refractivity contribution in [2.45, 2.75) is 30.5 Å². The fraction of sp³-hybridized carbons (Fsp3) is 0.182. The van der Waals surface area contributed by atoms with E-state index in [1.165, 1.54) is 11.3 Å². The molecule has 1 N–H and O–H groups in total. The van der Waals surface area contributed by atoms with Gasteiger partial charge in [-0.3, -0.25) is 4.79 Å². The molecule has 4 aromatic heterocycles. The molecule has 1 aromatic carbocycles. The Morgan fingerprint density at radius 2 is 2.10 bits per heavy atom. The molecule has 156 valence electrons. The molecule has 0 saturated carbocycles. The molecule has 1 amide bonds. The average molecular weight is 450 g/mol. The fourth-order valence-electron chi connectivity index (χ4n) is 3.37. The highest BCUT2D eigenvalue weighted by Gasteiger charge is 2.21. The highest BCUT2D eigenvalue weighted by Crippen LogP contribution is 2.33. The number of carbonyl (C=O) groups is 1. The Hall–Kier alpha value is -3.17. The van der Waals surface area contributed by atoms with Crippen molar-refractivity contribution in [3.63, 3.8) is 0 Å². The zero-order valence-electron chi connectivity index (χ0n) is 17.0. The summed E-state index contributed by atoms with van der Waals surface area (Å²) in [5.41, 5.74) is 4.34. The second kappa shape index (κ2) is 8.16. The Kier molecular flexibility index (Phi) is 5.21. The quantitative estimate of drug-likeness (QED) is 0.376. The normalized spacial score (nSPS) is 11.4. The molecule has 5 rings (SSSR count). The zero-order valence-corrected chi connectivity index (χ0v) is 18.6. The van der Waals surface area contributed by atoms with Gasteiger partial charge in [-0.2, -0.15) is 0 Å². The van der Waals surface area contributed by atoms with Crippen LogP contribution in [-0.2, 0) is 12.3 Å². The standard InChI is InChI=1S/C22H19N5O2S2/c1-13-7-8-27-11-15(24-19(27)9-13)10-23-21(28)20-17(12-30-22-26-25-14(2)31-22)16-5-3-4-6-18(16)29-20/h3-9,11H,10,12H2,1-2H3,(H,23,28). The van der Waals surface area contributed by atoms with Crippen LogP contribution in [0.15, 0.2) is 57.5 Å². The Bertz CT molecular complexity index is 1400. The summed E-state index contributed by atoms with van der Waals surface area (Å²) < 4.78 is 8.75. The summed E-state index contributed by atoms with van der Waals surface area (Å²) in [4.78, 5) is 17.6. The molecule has 0 aliphatic heterocycles. The van der Waals surface area contributed by atoms with E-state index in [0.717, 1.165) is 37.2 Å². The SMILES string of the molecule is Cc1ccn2cc(CNC(=O)c3oc4ccccc4c3CSc3nnc(C)s3)nc2c1. The molecular formula is C22H19N5O2S2. The van der Waals surface area contributed by atoms with Crippen LogP contribution in [0.4, 0.5) is 0 Å². The van der Waals surface area contributed by atoms with Crippen molar-refractivity contribution in [3.8, 4) is 0 Å². The van der Waals surface area contributed by atoms with Crippen LogP contribution in [0, 0.1) is 13.8 Å². The van der Waals surface area contributed by atoms with E-state index < -0.39 is 0 Å². The van der Waals surface area contributed by atoms with Gasteiger partial charge in [-0.1, -0.05) is 41.3 Å². The molecule has 31 heavy (non-hydrogen) atoms. The number of hydrogen-bond donors (Lipinski definition) is 1. The predicted molar refractivity (Wildman–Crippen MR) is 122 cm³/mol. The summed E-state index contributed by atoms with van der Waals surface area (Å²) in [6.07, 6.45) is 3.88. The lowest BCUT2D eigenvalue weighted by atomic mass is 10.1. The summed E-state index contributed by atoms with van der Waals surface area (Å²) in [5, 5.41) is 13.0. The molecule has 5 aromatic rings. The fourth-order valence-corrected chi connectivity index (χ4v) is 5.21. The largest absolute Gasteiger partial charge is 0.451 e. The molecule has 4 heterocycles. The molecule has 0 saturated heterocycles. The van der Waals surface area contributed by atoms with Crippen molar-refractivity contribution in [1.82, 2.24) is 24.9 Å². The van der Waals surface area contributed by atoms with E-state index in [9.17, 15) is 4.79 Å². The van der Waals surface area contributed by atoms with E-state index in [-0.39, 0.29) is 5.91 Å². The third-order valence-corrected chi connectivity index (χ3v) is 6.85. The number of imidazole rings is 1. The number of thioether (sulfide) groups is 1. The number of carbonyl (C=O) groups excluding carboxylic acids is 1. The number of furan rings is 1. The number of amides is 1. The van der Waals surface area contributed by atoms with Crippen molar-refractivity contribution in [2.75, 3.05) is 0 Å². The maximum absolute atomic E-state index is 13.0. The number of para-hydroxylation sites is 1. The molecular weight excluding hydrogens is 430 g/mol. The van der Waals surface area contributed by atoms with E-state index in [1.54, 1.807) is 11.8 Å². The van der Waals surface area contributed by atoms with Crippen molar-refractivity contribution < 1.29 is 9.21 Å². The monoisotopic (exact) mass is 449 g/mol. The number of benzene rings is 1. The number of fused-ring (bicyclic) bond motifs is 2. The predicted octanol–water partition coefficient (Wildman–Crippen LogP) is 4.77. The Labute approximate surface area is 186 Å². The molecule has 7 nitrogen and oxygen atoms in total. The van der Waals surface area contributed by atoms with Gasteiger partial charge in [0.1, 0.15) is 16.2 Å². The number of hydrogen-bond acceptors (Lipinski definition) is 7. The van der Waals surface area contributed by atoms with Crippen LogP contribution in [0.2, 0.25) is 0 Å². The van der Waals surface area contributed by atoms with Crippen molar-refractivity contribution in [3.05, 3.63) is 76.4 Å². The third kappa shape index (κ3) is 4.06. The van der Waals surface area contributed by atoms with Gasteiger partial charge in [0.2, 0.25) is 0 Å². The maximum atomic E-state index is 13.0. The van der Waals surface area contributed by atoms with E-state index in [0.29, 0.717) is 23.6 Å². The van der Waals surface area contributed by atoms with Gasteiger partial charge in [-0.25, -0.2) is 4.98 Å². The van der Waals surface area contributed by atoms with Crippen LogP contribution < -0.4 is 5.32 Å². The molecule has 0 fully saturated rings. The molecule has 0 radical (unpaired) electrons. The minimum Gasteiger partial charge on any atom is -0.451 e. The van der Waals surface area contributed by atoms with Gasteiger partial charge in [0.15, 0.2) is 10.1 Å². The number of pyridine rings is 1. The summed E-state index contributed by atoms with van der Waals surface area (Å²) in [6.45, 7) is 4.27. The lowest BCUT2D eigenvalue weighted by Gasteiger charge is -2.03. The van der Waals surface area contributed by atoms with Crippen LogP contribution in [0.1, 0.15) is 32.4 Å². The van der Waals surface area contributed by atoms with Gasteiger partial charge in [-0.05, 0) is 37.6 Å². The van der Waals surface area contributed by atoms with Crippen LogP contribution in [0.5, 0.6) is 0 Å². The van der Waals surface area contributed by atoms with Crippen LogP contribution in [0.25, 0.3) is 16.6 Å².